The Morgan fingerprint density at radius 2 is 1.59 bits per heavy atom. The highest BCUT2D eigenvalue weighted by atomic mass is 19.4. The van der Waals surface area contributed by atoms with Gasteiger partial charge in [0.1, 0.15) is 0 Å². The molecule has 3 atom stereocenters. The summed E-state index contributed by atoms with van der Waals surface area (Å²) in [6.07, 6.45) is -7.35. The van der Waals surface area contributed by atoms with Crippen molar-refractivity contribution in [2.24, 2.45) is 5.92 Å². The van der Waals surface area contributed by atoms with Gasteiger partial charge in [0, 0.05) is 38.9 Å². The van der Waals surface area contributed by atoms with Crippen LogP contribution in [0, 0.1) is 5.92 Å². The van der Waals surface area contributed by atoms with Gasteiger partial charge < -0.3 is 15.5 Å². The van der Waals surface area contributed by atoms with Gasteiger partial charge in [-0.25, -0.2) is 9.59 Å². The number of hydrogen-bond acceptors (Lipinski definition) is 6. The molecule has 0 unspecified atom stereocenters. The number of pyridine rings is 1. The number of carbonyl (C=O) groups excluding carboxylic acids is 1. The van der Waals surface area contributed by atoms with Crippen LogP contribution in [0.3, 0.4) is 0 Å². The van der Waals surface area contributed by atoms with Gasteiger partial charge >= 0.3 is 24.3 Å². The van der Waals surface area contributed by atoms with E-state index >= 15 is 0 Å². The first-order valence-corrected chi connectivity index (χ1v) is 9.73. The number of carboxylic acids is 2. The summed E-state index contributed by atoms with van der Waals surface area (Å²) in [6.45, 7) is 3.01. The molecule has 2 aliphatic rings. The van der Waals surface area contributed by atoms with Crippen LogP contribution in [0.1, 0.15) is 12.1 Å². The van der Waals surface area contributed by atoms with Crippen LogP contribution in [-0.2, 0) is 20.9 Å². The molecule has 0 aromatic carbocycles. The van der Waals surface area contributed by atoms with Gasteiger partial charge in [-0.15, -0.1) is 0 Å². The van der Waals surface area contributed by atoms with Crippen molar-refractivity contribution in [1.82, 2.24) is 20.1 Å². The van der Waals surface area contributed by atoms with Gasteiger partial charge in [-0.1, -0.05) is 6.07 Å². The molecular formula is C19H24F6N4O5. The molecule has 34 heavy (non-hydrogen) atoms. The minimum absolute atomic E-state index is 0.0481. The molecule has 2 saturated heterocycles. The highest BCUT2D eigenvalue weighted by Gasteiger charge is 2.46. The largest absolute Gasteiger partial charge is 0.490 e. The lowest BCUT2D eigenvalue weighted by molar-refractivity contribution is -0.193. The van der Waals surface area contributed by atoms with Gasteiger partial charge in [0.2, 0.25) is 5.91 Å². The number of nitrogens with one attached hydrogen (secondary N) is 1. The van der Waals surface area contributed by atoms with E-state index < -0.39 is 24.3 Å². The molecule has 0 bridgehead atoms. The molecule has 1 amide bonds. The molecule has 0 spiro atoms. The molecule has 0 radical (unpaired) electrons. The van der Waals surface area contributed by atoms with E-state index in [0.29, 0.717) is 12.0 Å². The predicted octanol–water partition coefficient (Wildman–Crippen LogP) is 1.60. The Hall–Kier alpha value is -2.94. The zero-order valence-corrected chi connectivity index (χ0v) is 18.1. The van der Waals surface area contributed by atoms with E-state index in [1.54, 1.807) is 7.05 Å². The maximum Gasteiger partial charge on any atom is 0.490 e. The van der Waals surface area contributed by atoms with E-state index in [4.69, 9.17) is 19.8 Å². The fourth-order valence-electron chi connectivity index (χ4n) is 3.63. The van der Waals surface area contributed by atoms with Crippen LogP contribution in [0.5, 0.6) is 0 Å². The van der Waals surface area contributed by atoms with Crippen molar-refractivity contribution >= 4 is 17.8 Å². The van der Waals surface area contributed by atoms with Crippen molar-refractivity contribution in [1.29, 1.82) is 0 Å². The van der Waals surface area contributed by atoms with E-state index in [2.05, 4.69) is 33.2 Å². The molecule has 0 aliphatic carbocycles. The number of aliphatic carboxylic acids is 2. The summed E-state index contributed by atoms with van der Waals surface area (Å²) in [5.41, 5.74) is 1.12. The summed E-state index contributed by atoms with van der Waals surface area (Å²) < 4.78 is 63.5. The molecule has 1 aromatic heterocycles. The second kappa shape index (κ2) is 12.0. The molecular weight excluding hydrogens is 478 g/mol. The van der Waals surface area contributed by atoms with Crippen molar-refractivity contribution in [2.45, 2.75) is 37.4 Å². The maximum atomic E-state index is 11.9. The Balaban J connectivity index is 0.000000343. The molecule has 9 nitrogen and oxygen atoms in total. The van der Waals surface area contributed by atoms with Crippen LogP contribution in [0.25, 0.3) is 0 Å². The van der Waals surface area contributed by atoms with E-state index in [9.17, 15) is 31.1 Å². The minimum atomic E-state index is -5.08. The van der Waals surface area contributed by atoms with Crippen molar-refractivity contribution in [3.8, 4) is 0 Å². The van der Waals surface area contributed by atoms with Gasteiger partial charge in [-0.2, -0.15) is 26.3 Å². The lowest BCUT2D eigenvalue weighted by atomic mass is 10.0. The Bertz CT molecular complexity index is 813. The standard InChI is InChI=1S/C15H22N4O.2C2HF3O2/c1-16-15(20)13-7-11-8-19(10-14(11)18(13)2)9-12-5-3-4-6-17-12;2*3-2(4,5)1(6)7/h3-6,11,13-14H,7-10H2,1-2H3,(H,16,20);2*(H,6,7)/t11-,13-,14+;;/m0../s1. The van der Waals surface area contributed by atoms with E-state index in [1.165, 1.54) is 0 Å². The summed E-state index contributed by atoms with van der Waals surface area (Å²) in [6, 6.07) is 6.61. The third-order valence-electron chi connectivity index (χ3n) is 5.17. The van der Waals surface area contributed by atoms with Gasteiger partial charge in [0.25, 0.3) is 0 Å². The number of nitrogens with zero attached hydrogens (tertiary/aromatic N) is 3. The first-order chi connectivity index (χ1) is 15.6. The number of alkyl halides is 6. The zero-order chi connectivity index (χ0) is 26.3. The molecule has 3 rings (SSSR count). The van der Waals surface area contributed by atoms with Crippen LogP contribution >= 0.6 is 0 Å². The molecule has 0 saturated carbocycles. The highest BCUT2D eigenvalue weighted by Crippen LogP contribution is 2.35. The lowest BCUT2D eigenvalue weighted by Gasteiger charge is -2.25. The molecule has 2 fully saturated rings. The van der Waals surface area contributed by atoms with E-state index in [1.807, 2.05) is 18.3 Å². The minimum Gasteiger partial charge on any atom is -0.475 e. The Morgan fingerprint density at radius 1 is 1.06 bits per heavy atom. The van der Waals surface area contributed by atoms with Gasteiger partial charge in [0.05, 0.1) is 11.7 Å². The second-order valence-corrected chi connectivity index (χ2v) is 7.48. The van der Waals surface area contributed by atoms with Crippen LogP contribution in [0.2, 0.25) is 0 Å². The van der Waals surface area contributed by atoms with Crippen LogP contribution in [0.15, 0.2) is 24.4 Å². The zero-order valence-electron chi connectivity index (χ0n) is 18.1. The number of amides is 1. The smallest absolute Gasteiger partial charge is 0.475 e. The number of carbonyl (C=O) groups is 3. The van der Waals surface area contributed by atoms with E-state index in [0.717, 1.165) is 31.7 Å². The average molecular weight is 502 g/mol. The van der Waals surface area contributed by atoms with Crippen molar-refractivity contribution in [2.75, 3.05) is 27.2 Å². The SMILES string of the molecule is CNC(=O)[C@@H]1C[C@H]2CN(Cc3ccccn3)C[C@H]2N1C.O=C(O)C(F)(F)F.O=C(O)C(F)(F)F. The fourth-order valence-corrected chi connectivity index (χ4v) is 3.63. The second-order valence-electron chi connectivity index (χ2n) is 7.48. The average Bonchev–Trinajstić information content (AvgIpc) is 3.26. The maximum absolute atomic E-state index is 11.9. The Labute approximate surface area is 190 Å². The van der Waals surface area contributed by atoms with Crippen LogP contribution < -0.4 is 5.32 Å². The molecule has 192 valence electrons. The number of hydrogen-bond donors (Lipinski definition) is 3. The summed E-state index contributed by atoms with van der Waals surface area (Å²) in [7, 11) is 3.80. The molecule has 2 aliphatic heterocycles. The third-order valence-corrected chi connectivity index (χ3v) is 5.17. The first-order valence-electron chi connectivity index (χ1n) is 9.73. The quantitative estimate of drug-likeness (QED) is 0.533. The number of halogens is 6. The fraction of sp³-hybridized carbons (Fsp3) is 0.579. The van der Waals surface area contributed by atoms with E-state index in [-0.39, 0.29) is 11.9 Å². The number of aromatic nitrogens is 1. The van der Waals surface area contributed by atoms with Crippen molar-refractivity contribution in [3.63, 3.8) is 0 Å². The van der Waals surface area contributed by atoms with Gasteiger partial charge in [-0.3, -0.25) is 19.6 Å². The first kappa shape index (κ1) is 29.1. The van der Waals surface area contributed by atoms with Crippen LogP contribution in [-0.4, -0.2) is 94.5 Å². The highest BCUT2D eigenvalue weighted by molar-refractivity contribution is 5.81. The summed E-state index contributed by atoms with van der Waals surface area (Å²) in [5.74, 6) is -4.76. The normalized spacial score (nSPS) is 22.5. The predicted molar refractivity (Wildman–Crippen MR) is 104 cm³/mol. The van der Waals surface area contributed by atoms with Crippen LogP contribution in [0.4, 0.5) is 26.3 Å². The molecule has 3 N–H and O–H groups in total. The third kappa shape index (κ3) is 8.78. The molecule has 1 aromatic rings. The number of likely N-dealkylation sites (tertiary alicyclic amines) is 2. The summed E-state index contributed by atoms with van der Waals surface area (Å²) in [5, 5.41) is 17.0. The monoisotopic (exact) mass is 502 g/mol. The Morgan fingerprint density at radius 3 is 1.97 bits per heavy atom. The molecule has 15 heteroatoms. The summed E-state index contributed by atoms with van der Waals surface area (Å²) in [4.78, 5) is 38.7. The van der Waals surface area contributed by atoms with Crippen molar-refractivity contribution in [3.05, 3.63) is 30.1 Å². The number of fused-ring (bicyclic) bond motifs is 1. The molecule has 3 heterocycles. The number of likely N-dealkylation sites (N-methyl/N-ethyl adjacent to an activating group) is 2. The number of carboxylic acid groups (broad SMARTS) is 2. The summed E-state index contributed by atoms with van der Waals surface area (Å²) >= 11 is 0. The van der Waals surface area contributed by atoms with Gasteiger partial charge in [0.15, 0.2) is 0 Å². The number of rotatable bonds is 3. The Kier molecular flexibility index (Phi) is 10.2. The van der Waals surface area contributed by atoms with Crippen molar-refractivity contribution < 1.29 is 50.9 Å². The van der Waals surface area contributed by atoms with Gasteiger partial charge in [-0.05, 0) is 31.5 Å². The lowest BCUT2D eigenvalue weighted by Crippen LogP contribution is -2.44. The topological polar surface area (TPSA) is 123 Å².